The van der Waals surface area contributed by atoms with Gasteiger partial charge in [0.15, 0.2) is 5.69 Å². The van der Waals surface area contributed by atoms with Gasteiger partial charge >= 0.3 is 0 Å². The number of rotatable bonds is 5. The first-order valence-corrected chi connectivity index (χ1v) is 7.52. The van der Waals surface area contributed by atoms with Gasteiger partial charge < -0.3 is 9.64 Å². The van der Waals surface area contributed by atoms with E-state index in [1.807, 2.05) is 18.2 Å². The van der Waals surface area contributed by atoms with Gasteiger partial charge in [-0.2, -0.15) is 0 Å². The highest BCUT2D eigenvalue weighted by Gasteiger charge is 2.28. The molecular weight excluding hydrogens is 280 g/mol. The Hall–Kier alpha value is -2.21. The molecule has 1 saturated heterocycles. The summed E-state index contributed by atoms with van der Waals surface area (Å²) in [6, 6.07) is 10.2. The molecule has 1 aromatic heterocycles. The Morgan fingerprint density at radius 3 is 2.91 bits per heavy atom. The molecule has 0 saturated carbocycles. The molecule has 1 unspecified atom stereocenters. The Morgan fingerprint density at radius 2 is 2.18 bits per heavy atom. The van der Waals surface area contributed by atoms with Crippen LogP contribution in [0.2, 0.25) is 0 Å². The SMILES string of the molecule is COC1CCN(C(=O)c2cn(CCc3ccccc3)nn2)C1. The highest BCUT2D eigenvalue weighted by Crippen LogP contribution is 2.14. The van der Waals surface area contributed by atoms with Gasteiger partial charge in [0, 0.05) is 26.7 Å². The Balaban J connectivity index is 1.58. The fraction of sp³-hybridized carbons (Fsp3) is 0.438. The predicted molar refractivity (Wildman–Crippen MR) is 81.5 cm³/mol. The Kier molecular flexibility index (Phi) is 4.48. The fourth-order valence-corrected chi connectivity index (χ4v) is 2.66. The lowest BCUT2D eigenvalue weighted by molar-refractivity contribution is 0.0719. The average Bonchev–Trinajstić information content (AvgIpc) is 3.22. The van der Waals surface area contributed by atoms with E-state index in [4.69, 9.17) is 4.74 Å². The Labute approximate surface area is 129 Å². The van der Waals surface area contributed by atoms with E-state index in [2.05, 4.69) is 22.4 Å². The van der Waals surface area contributed by atoms with Gasteiger partial charge in [0.25, 0.3) is 5.91 Å². The van der Waals surface area contributed by atoms with Crippen molar-refractivity contribution >= 4 is 5.91 Å². The van der Waals surface area contributed by atoms with Crippen LogP contribution in [0.25, 0.3) is 0 Å². The monoisotopic (exact) mass is 300 g/mol. The lowest BCUT2D eigenvalue weighted by Crippen LogP contribution is -2.30. The van der Waals surface area contributed by atoms with E-state index in [1.54, 1.807) is 22.9 Å². The van der Waals surface area contributed by atoms with Crippen molar-refractivity contribution in [1.29, 1.82) is 0 Å². The van der Waals surface area contributed by atoms with Gasteiger partial charge in [-0.3, -0.25) is 9.48 Å². The van der Waals surface area contributed by atoms with Crippen molar-refractivity contribution in [3.63, 3.8) is 0 Å². The number of carbonyl (C=O) groups excluding carboxylic acids is 1. The molecule has 22 heavy (non-hydrogen) atoms. The van der Waals surface area contributed by atoms with Crippen LogP contribution in [0.4, 0.5) is 0 Å². The zero-order valence-corrected chi connectivity index (χ0v) is 12.7. The first kappa shape index (κ1) is 14.7. The van der Waals surface area contributed by atoms with Crippen LogP contribution in [0, 0.1) is 0 Å². The van der Waals surface area contributed by atoms with E-state index in [9.17, 15) is 4.79 Å². The number of amides is 1. The fourth-order valence-electron chi connectivity index (χ4n) is 2.66. The molecule has 1 aliphatic heterocycles. The van der Waals surface area contributed by atoms with Gasteiger partial charge in [0.05, 0.1) is 12.3 Å². The number of aromatic nitrogens is 3. The van der Waals surface area contributed by atoms with E-state index < -0.39 is 0 Å². The molecule has 116 valence electrons. The van der Waals surface area contributed by atoms with Crippen molar-refractivity contribution in [2.24, 2.45) is 0 Å². The van der Waals surface area contributed by atoms with Gasteiger partial charge in [-0.05, 0) is 18.4 Å². The first-order chi connectivity index (χ1) is 10.8. The Bertz CT molecular complexity index is 626. The molecule has 3 rings (SSSR count). The molecule has 1 aliphatic rings. The van der Waals surface area contributed by atoms with Gasteiger partial charge in [-0.15, -0.1) is 5.10 Å². The zero-order valence-electron chi connectivity index (χ0n) is 12.7. The molecule has 6 nitrogen and oxygen atoms in total. The molecule has 0 bridgehead atoms. The molecule has 0 aliphatic carbocycles. The van der Waals surface area contributed by atoms with Gasteiger partial charge in [0.1, 0.15) is 0 Å². The lowest BCUT2D eigenvalue weighted by atomic mass is 10.1. The summed E-state index contributed by atoms with van der Waals surface area (Å²) in [5, 5.41) is 8.06. The molecule has 1 aromatic carbocycles. The van der Waals surface area contributed by atoms with Crippen molar-refractivity contribution in [1.82, 2.24) is 19.9 Å². The molecule has 6 heteroatoms. The van der Waals surface area contributed by atoms with E-state index in [0.29, 0.717) is 25.3 Å². The van der Waals surface area contributed by atoms with Crippen molar-refractivity contribution in [3.05, 3.63) is 47.8 Å². The van der Waals surface area contributed by atoms with Crippen LogP contribution in [0.15, 0.2) is 36.5 Å². The third kappa shape index (κ3) is 3.33. The second kappa shape index (κ2) is 6.70. The van der Waals surface area contributed by atoms with Gasteiger partial charge in [0.2, 0.25) is 0 Å². The van der Waals surface area contributed by atoms with Crippen molar-refractivity contribution in [3.8, 4) is 0 Å². The molecule has 0 N–H and O–H groups in total. The highest BCUT2D eigenvalue weighted by molar-refractivity contribution is 5.92. The standard InChI is InChI=1S/C16H20N4O2/c1-22-14-8-9-19(11-14)16(21)15-12-20(18-17-15)10-7-13-5-3-2-4-6-13/h2-6,12,14H,7-11H2,1H3. The van der Waals surface area contributed by atoms with E-state index >= 15 is 0 Å². The van der Waals surface area contributed by atoms with Gasteiger partial charge in [-0.25, -0.2) is 0 Å². The zero-order chi connectivity index (χ0) is 15.4. The number of likely N-dealkylation sites (tertiary alicyclic amines) is 1. The number of nitrogens with zero attached hydrogens (tertiary/aromatic N) is 4. The van der Waals surface area contributed by atoms with Crippen LogP contribution in [-0.4, -0.2) is 52.1 Å². The molecule has 2 heterocycles. The van der Waals surface area contributed by atoms with E-state index in [1.165, 1.54) is 5.56 Å². The first-order valence-electron chi connectivity index (χ1n) is 7.52. The van der Waals surface area contributed by atoms with Crippen LogP contribution in [0.3, 0.4) is 0 Å². The lowest BCUT2D eigenvalue weighted by Gasteiger charge is -2.13. The minimum atomic E-state index is -0.0643. The number of methoxy groups -OCH3 is 1. The summed E-state index contributed by atoms with van der Waals surface area (Å²) in [4.78, 5) is 14.1. The summed E-state index contributed by atoms with van der Waals surface area (Å²) in [5.74, 6) is -0.0643. The smallest absolute Gasteiger partial charge is 0.276 e. The predicted octanol–water partition coefficient (Wildman–Crippen LogP) is 1.38. The molecule has 1 atom stereocenters. The van der Waals surface area contributed by atoms with Crippen LogP contribution in [0.5, 0.6) is 0 Å². The van der Waals surface area contributed by atoms with E-state index in [-0.39, 0.29) is 12.0 Å². The number of hydrogen-bond acceptors (Lipinski definition) is 4. The average molecular weight is 300 g/mol. The van der Waals surface area contributed by atoms with Gasteiger partial charge in [-0.1, -0.05) is 35.5 Å². The number of hydrogen-bond donors (Lipinski definition) is 0. The second-order valence-corrected chi connectivity index (χ2v) is 5.50. The van der Waals surface area contributed by atoms with Crippen molar-refractivity contribution in [2.45, 2.75) is 25.5 Å². The Morgan fingerprint density at radius 1 is 1.36 bits per heavy atom. The summed E-state index contributed by atoms with van der Waals surface area (Å²) < 4.78 is 7.01. The number of ether oxygens (including phenoxy) is 1. The molecular formula is C16H20N4O2. The van der Waals surface area contributed by atoms with Crippen LogP contribution in [-0.2, 0) is 17.7 Å². The van der Waals surface area contributed by atoms with Crippen LogP contribution < -0.4 is 0 Å². The molecule has 2 aromatic rings. The molecule has 0 spiro atoms. The maximum atomic E-state index is 12.4. The minimum absolute atomic E-state index is 0.0643. The van der Waals surface area contributed by atoms with Crippen molar-refractivity contribution < 1.29 is 9.53 Å². The maximum Gasteiger partial charge on any atom is 0.276 e. The topological polar surface area (TPSA) is 60.2 Å². The molecule has 1 fully saturated rings. The normalized spacial score (nSPS) is 17.9. The van der Waals surface area contributed by atoms with E-state index in [0.717, 1.165) is 12.8 Å². The van der Waals surface area contributed by atoms with Crippen LogP contribution in [0.1, 0.15) is 22.5 Å². The summed E-state index contributed by atoms with van der Waals surface area (Å²) >= 11 is 0. The van der Waals surface area contributed by atoms with Crippen LogP contribution >= 0.6 is 0 Å². The maximum absolute atomic E-state index is 12.4. The molecule has 1 amide bonds. The minimum Gasteiger partial charge on any atom is -0.380 e. The summed E-state index contributed by atoms with van der Waals surface area (Å²) in [6.07, 6.45) is 3.61. The summed E-state index contributed by atoms with van der Waals surface area (Å²) in [6.45, 7) is 2.06. The third-order valence-electron chi connectivity index (χ3n) is 4.00. The quantitative estimate of drug-likeness (QED) is 0.837. The number of carbonyl (C=O) groups is 1. The summed E-state index contributed by atoms with van der Waals surface area (Å²) in [7, 11) is 1.68. The number of aryl methyl sites for hydroxylation is 2. The summed E-state index contributed by atoms with van der Waals surface area (Å²) in [5.41, 5.74) is 1.65. The van der Waals surface area contributed by atoms with Crippen molar-refractivity contribution in [2.75, 3.05) is 20.2 Å². The highest BCUT2D eigenvalue weighted by atomic mass is 16.5. The third-order valence-corrected chi connectivity index (χ3v) is 4.00. The second-order valence-electron chi connectivity index (χ2n) is 5.50. The largest absolute Gasteiger partial charge is 0.380 e. The molecule has 0 radical (unpaired) electrons. The number of benzene rings is 1.